The first-order valence-electron chi connectivity index (χ1n) is 6.49. The second-order valence-corrected chi connectivity index (χ2v) is 6.10. The van der Waals surface area contributed by atoms with Crippen LogP contribution in [-0.2, 0) is 10.1 Å². The number of hydrogen-bond acceptors (Lipinski definition) is 7. The quantitative estimate of drug-likeness (QED) is 0.545. The Bertz CT molecular complexity index is 902. The maximum atomic E-state index is 12.5. The maximum absolute atomic E-state index is 12.5. The van der Waals surface area contributed by atoms with E-state index in [2.05, 4.69) is 0 Å². The van der Waals surface area contributed by atoms with Gasteiger partial charge in [0.25, 0.3) is 10.1 Å². The van der Waals surface area contributed by atoms with Crippen molar-refractivity contribution in [3.05, 3.63) is 41.5 Å². The molecule has 0 fully saturated rings. The number of benzene rings is 2. The number of carbonyl (C=O) groups excluding carboxylic acids is 1. The Hall–Kier alpha value is -2.78. The molecule has 9 heteroatoms. The average Bonchev–Trinajstić information content (AvgIpc) is 2.52. The van der Waals surface area contributed by atoms with Gasteiger partial charge in [-0.25, -0.2) is 0 Å². The van der Waals surface area contributed by atoms with Crippen molar-refractivity contribution < 1.29 is 37.5 Å². The summed E-state index contributed by atoms with van der Waals surface area (Å²) in [5.41, 5.74) is -0.610. The summed E-state index contributed by atoms with van der Waals surface area (Å²) in [7, 11) is -2.17. The van der Waals surface area contributed by atoms with Crippen LogP contribution in [0.15, 0.2) is 35.2 Å². The number of phenolic OH excluding ortho intramolecular Hbond substituents is 2. The van der Waals surface area contributed by atoms with Crippen molar-refractivity contribution in [1.29, 1.82) is 0 Å². The largest absolute Gasteiger partial charge is 0.507 e. The van der Waals surface area contributed by atoms with Crippen molar-refractivity contribution in [2.45, 2.75) is 4.90 Å². The highest BCUT2D eigenvalue weighted by molar-refractivity contribution is 7.86. The third-order valence-corrected chi connectivity index (χ3v) is 4.13. The topological polar surface area (TPSA) is 130 Å². The van der Waals surface area contributed by atoms with Crippen LogP contribution in [0, 0.1) is 0 Å². The van der Waals surface area contributed by atoms with Crippen LogP contribution in [-0.4, -0.2) is 43.2 Å². The van der Waals surface area contributed by atoms with Gasteiger partial charge in [-0.3, -0.25) is 9.35 Å². The first-order valence-corrected chi connectivity index (χ1v) is 7.93. The monoisotopic (exact) mass is 354 g/mol. The summed E-state index contributed by atoms with van der Waals surface area (Å²) in [6.07, 6.45) is 0. The summed E-state index contributed by atoms with van der Waals surface area (Å²) >= 11 is 0. The molecule has 2 rings (SSSR count). The Kier molecular flexibility index (Phi) is 4.67. The number of rotatable bonds is 5. The van der Waals surface area contributed by atoms with Gasteiger partial charge in [-0.2, -0.15) is 8.42 Å². The molecule has 0 amide bonds. The van der Waals surface area contributed by atoms with Gasteiger partial charge in [0.2, 0.25) is 5.78 Å². The van der Waals surface area contributed by atoms with Crippen LogP contribution in [0.25, 0.3) is 0 Å². The molecule has 0 heterocycles. The summed E-state index contributed by atoms with van der Waals surface area (Å²) < 4.78 is 41.7. The molecule has 0 aliphatic carbocycles. The van der Waals surface area contributed by atoms with Gasteiger partial charge < -0.3 is 19.7 Å². The first-order chi connectivity index (χ1) is 11.2. The summed E-state index contributed by atoms with van der Waals surface area (Å²) in [5.74, 6) is -1.85. The lowest BCUT2D eigenvalue weighted by Crippen LogP contribution is -2.07. The van der Waals surface area contributed by atoms with Crippen LogP contribution in [0.4, 0.5) is 0 Å². The van der Waals surface area contributed by atoms with Crippen LogP contribution >= 0.6 is 0 Å². The molecule has 0 unspecified atom stereocenters. The molecule has 0 aliphatic rings. The van der Waals surface area contributed by atoms with Gasteiger partial charge >= 0.3 is 0 Å². The standard InChI is InChI=1S/C15H14O8S/c1-22-8-3-4-9(11(16)5-8)15(18)10-6-14(24(19,20)21)13(23-2)7-12(10)17/h3-7,16-17H,1-2H3,(H,19,20,21). The summed E-state index contributed by atoms with van der Waals surface area (Å²) in [6, 6.07) is 5.52. The van der Waals surface area contributed by atoms with E-state index in [1.807, 2.05) is 0 Å². The molecule has 0 saturated heterocycles. The second kappa shape index (κ2) is 6.38. The second-order valence-electron chi connectivity index (χ2n) is 4.71. The fraction of sp³-hybridized carbons (Fsp3) is 0.133. The predicted molar refractivity (Wildman–Crippen MR) is 82.6 cm³/mol. The van der Waals surface area contributed by atoms with Crippen molar-refractivity contribution in [3.8, 4) is 23.0 Å². The minimum Gasteiger partial charge on any atom is -0.507 e. The average molecular weight is 354 g/mol. The lowest BCUT2D eigenvalue weighted by atomic mass is 10.0. The molecule has 0 spiro atoms. The minimum atomic E-state index is -4.69. The predicted octanol–water partition coefficient (Wildman–Crippen LogP) is 1.59. The number of ether oxygens (including phenoxy) is 2. The number of methoxy groups -OCH3 is 2. The van der Waals surface area contributed by atoms with E-state index in [-0.39, 0.29) is 11.3 Å². The van der Waals surface area contributed by atoms with Gasteiger partial charge in [0, 0.05) is 12.1 Å². The summed E-state index contributed by atoms with van der Waals surface area (Å²) in [5, 5.41) is 19.9. The molecule has 0 radical (unpaired) electrons. The number of carbonyl (C=O) groups is 1. The maximum Gasteiger partial charge on any atom is 0.298 e. The van der Waals surface area contributed by atoms with Crippen molar-refractivity contribution >= 4 is 15.9 Å². The zero-order chi connectivity index (χ0) is 18.1. The molecule has 8 nitrogen and oxygen atoms in total. The highest BCUT2D eigenvalue weighted by atomic mass is 32.2. The highest BCUT2D eigenvalue weighted by Crippen LogP contribution is 2.34. The fourth-order valence-corrected chi connectivity index (χ4v) is 2.73. The minimum absolute atomic E-state index is 0.183. The van der Waals surface area contributed by atoms with E-state index >= 15 is 0 Å². The smallest absolute Gasteiger partial charge is 0.298 e. The zero-order valence-electron chi connectivity index (χ0n) is 12.7. The van der Waals surface area contributed by atoms with Crippen LogP contribution in [0.3, 0.4) is 0 Å². The number of aromatic hydroxyl groups is 2. The van der Waals surface area contributed by atoms with E-state index in [0.29, 0.717) is 5.75 Å². The lowest BCUT2D eigenvalue weighted by Gasteiger charge is -2.11. The van der Waals surface area contributed by atoms with Gasteiger partial charge in [0.05, 0.1) is 25.3 Å². The normalized spacial score (nSPS) is 11.1. The zero-order valence-corrected chi connectivity index (χ0v) is 13.5. The molecule has 0 atom stereocenters. The van der Waals surface area contributed by atoms with E-state index in [1.165, 1.54) is 25.3 Å². The third kappa shape index (κ3) is 3.26. The van der Waals surface area contributed by atoms with E-state index in [0.717, 1.165) is 19.2 Å². The van der Waals surface area contributed by atoms with Gasteiger partial charge in [-0.05, 0) is 18.2 Å². The number of phenols is 2. The lowest BCUT2D eigenvalue weighted by molar-refractivity contribution is 0.103. The number of ketones is 1. The third-order valence-electron chi connectivity index (χ3n) is 3.25. The Morgan fingerprint density at radius 2 is 1.58 bits per heavy atom. The molecule has 0 aliphatic heterocycles. The van der Waals surface area contributed by atoms with E-state index in [1.54, 1.807) is 0 Å². The van der Waals surface area contributed by atoms with Crippen molar-refractivity contribution in [2.75, 3.05) is 14.2 Å². The van der Waals surface area contributed by atoms with Crippen molar-refractivity contribution in [3.63, 3.8) is 0 Å². The Morgan fingerprint density at radius 1 is 0.958 bits per heavy atom. The fourth-order valence-electron chi connectivity index (χ4n) is 2.07. The molecular weight excluding hydrogens is 340 g/mol. The molecule has 0 saturated carbocycles. The van der Waals surface area contributed by atoms with Gasteiger partial charge in [0.15, 0.2) is 0 Å². The SMILES string of the molecule is COc1ccc(C(=O)c2cc(S(=O)(=O)O)c(OC)cc2O)c(O)c1. The summed E-state index contributed by atoms with van der Waals surface area (Å²) in [6.45, 7) is 0. The van der Waals surface area contributed by atoms with E-state index in [4.69, 9.17) is 9.47 Å². The molecule has 3 N–H and O–H groups in total. The van der Waals surface area contributed by atoms with E-state index in [9.17, 15) is 28.0 Å². The molecule has 24 heavy (non-hydrogen) atoms. The first kappa shape index (κ1) is 17.6. The van der Waals surface area contributed by atoms with Crippen LogP contribution in [0.2, 0.25) is 0 Å². The van der Waals surface area contributed by atoms with Crippen LogP contribution in [0.5, 0.6) is 23.0 Å². The molecular formula is C15H14O8S. The Labute approximate surface area is 137 Å². The molecule has 2 aromatic carbocycles. The van der Waals surface area contributed by atoms with E-state index < -0.39 is 37.9 Å². The Balaban J connectivity index is 2.62. The molecule has 0 aromatic heterocycles. The Morgan fingerprint density at radius 3 is 2.08 bits per heavy atom. The highest BCUT2D eigenvalue weighted by Gasteiger charge is 2.24. The molecule has 128 valence electrons. The van der Waals surface area contributed by atoms with Crippen LogP contribution in [0.1, 0.15) is 15.9 Å². The van der Waals surface area contributed by atoms with Crippen LogP contribution < -0.4 is 9.47 Å². The van der Waals surface area contributed by atoms with Crippen molar-refractivity contribution in [1.82, 2.24) is 0 Å². The molecule has 2 aromatic rings. The van der Waals surface area contributed by atoms with Gasteiger partial charge in [-0.1, -0.05) is 0 Å². The molecule has 0 bridgehead atoms. The van der Waals surface area contributed by atoms with Gasteiger partial charge in [0.1, 0.15) is 27.9 Å². The number of hydrogen-bond donors (Lipinski definition) is 3. The van der Waals surface area contributed by atoms with Crippen molar-refractivity contribution in [2.24, 2.45) is 0 Å². The summed E-state index contributed by atoms with van der Waals surface area (Å²) in [4.78, 5) is 11.8. The van der Waals surface area contributed by atoms with Gasteiger partial charge in [-0.15, -0.1) is 0 Å².